The number of rotatable bonds is 4. The molecule has 0 aliphatic carbocycles. The molecule has 1 nitrogen and oxygen atoms in total. The second kappa shape index (κ2) is 5.55. The van der Waals surface area contributed by atoms with Gasteiger partial charge in [-0.25, -0.2) is 0 Å². The Balaban J connectivity index is 2.44. The van der Waals surface area contributed by atoms with Gasteiger partial charge in [0.2, 0.25) is 0 Å². The van der Waals surface area contributed by atoms with Crippen LogP contribution in [0.2, 0.25) is 5.02 Å². The van der Waals surface area contributed by atoms with Gasteiger partial charge in [-0.1, -0.05) is 23.7 Å². The van der Waals surface area contributed by atoms with Gasteiger partial charge in [0.05, 0.1) is 6.42 Å². The first-order valence-corrected chi connectivity index (χ1v) is 5.32. The Bertz CT molecular complexity index is 338. The molecule has 0 amide bonds. The van der Waals surface area contributed by atoms with Crippen LogP contribution in [0.3, 0.4) is 0 Å². The molecular weight excluding hydrogens is 239 g/mol. The van der Waals surface area contributed by atoms with E-state index in [2.05, 4.69) is 5.32 Å². The van der Waals surface area contributed by atoms with Crippen LogP contribution in [0.1, 0.15) is 24.9 Å². The van der Waals surface area contributed by atoms with E-state index in [4.69, 9.17) is 11.6 Å². The highest BCUT2D eigenvalue weighted by Gasteiger charge is 2.26. The number of nitrogens with one attached hydrogen (secondary N) is 1. The molecule has 0 aliphatic heterocycles. The fourth-order valence-corrected chi connectivity index (χ4v) is 1.52. The van der Waals surface area contributed by atoms with E-state index in [1.165, 1.54) is 0 Å². The van der Waals surface area contributed by atoms with Crippen LogP contribution in [-0.2, 0) is 0 Å². The molecule has 0 heterocycles. The maximum Gasteiger partial charge on any atom is 0.390 e. The zero-order chi connectivity index (χ0) is 12.2. The standard InChI is InChI=1S/C11H13ClF3N/c1-8(16-6-5-11(13,14)15)9-3-2-4-10(12)7-9/h2-4,7-8,16H,5-6H2,1H3/t8-/m0/s1. The summed E-state index contributed by atoms with van der Waals surface area (Å²) in [7, 11) is 0. The van der Waals surface area contributed by atoms with Crippen LogP contribution in [-0.4, -0.2) is 12.7 Å². The molecule has 1 aromatic carbocycles. The molecule has 0 unspecified atom stereocenters. The minimum atomic E-state index is -4.11. The van der Waals surface area contributed by atoms with Gasteiger partial charge in [0.25, 0.3) is 0 Å². The van der Waals surface area contributed by atoms with Crippen molar-refractivity contribution in [3.05, 3.63) is 34.9 Å². The monoisotopic (exact) mass is 251 g/mol. The fourth-order valence-electron chi connectivity index (χ4n) is 1.32. The van der Waals surface area contributed by atoms with Gasteiger partial charge < -0.3 is 5.32 Å². The molecule has 1 N–H and O–H groups in total. The minimum absolute atomic E-state index is 0.0861. The molecule has 90 valence electrons. The van der Waals surface area contributed by atoms with E-state index in [1.807, 2.05) is 13.0 Å². The van der Waals surface area contributed by atoms with Crippen molar-refractivity contribution in [1.82, 2.24) is 5.32 Å². The van der Waals surface area contributed by atoms with Gasteiger partial charge in [-0.3, -0.25) is 0 Å². The van der Waals surface area contributed by atoms with Gasteiger partial charge in [0, 0.05) is 17.6 Å². The van der Waals surface area contributed by atoms with E-state index >= 15 is 0 Å². The lowest BCUT2D eigenvalue weighted by atomic mass is 10.1. The summed E-state index contributed by atoms with van der Waals surface area (Å²) in [6.07, 6.45) is -4.93. The first-order valence-electron chi connectivity index (χ1n) is 4.94. The Kier molecular flexibility index (Phi) is 4.62. The van der Waals surface area contributed by atoms with Gasteiger partial charge in [-0.15, -0.1) is 0 Å². The summed E-state index contributed by atoms with van der Waals surface area (Å²) in [5.74, 6) is 0. The minimum Gasteiger partial charge on any atom is -0.310 e. The Morgan fingerprint density at radius 3 is 2.62 bits per heavy atom. The molecule has 1 aromatic rings. The summed E-state index contributed by atoms with van der Waals surface area (Å²) in [6.45, 7) is 1.72. The highest BCUT2D eigenvalue weighted by Crippen LogP contribution is 2.20. The Morgan fingerprint density at radius 1 is 1.38 bits per heavy atom. The van der Waals surface area contributed by atoms with Crippen LogP contribution >= 0.6 is 11.6 Å². The summed E-state index contributed by atoms with van der Waals surface area (Å²) in [6, 6.07) is 6.94. The molecule has 0 bridgehead atoms. The van der Waals surface area contributed by atoms with Crippen LogP contribution in [0.4, 0.5) is 13.2 Å². The Hall–Kier alpha value is -0.740. The molecule has 0 saturated carbocycles. The summed E-state index contributed by atoms with van der Waals surface area (Å²) < 4.78 is 35.7. The highest BCUT2D eigenvalue weighted by molar-refractivity contribution is 6.30. The van der Waals surface area contributed by atoms with Crippen molar-refractivity contribution < 1.29 is 13.2 Å². The maximum absolute atomic E-state index is 11.9. The largest absolute Gasteiger partial charge is 0.390 e. The van der Waals surface area contributed by atoms with Crippen molar-refractivity contribution in [2.75, 3.05) is 6.54 Å². The Labute approximate surface area is 97.6 Å². The number of hydrogen-bond donors (Lipinski definition) is 1. The topological polar surface area (TPSA) is 12.0 Å². The average molecular weight is 252 g/mol. The van der Waals surface area contributed by atoms with Crippen molar-refractivity contribution in [2.24, 2.45) is 0 Å². The van der Waals surface area contributed by atoms with Gasteiger partial charge in [0.15, 0.2) is 0 Å². The summed E-state index contributed by atoms with van der Waals surface area (Å²) in [4.78, 5) is 0. The molecular formula is C11H13ClF3N. The average Bonchev–Trinajstić information content (AvgIpc) is 2.15. The lowest BCUT2D eigenvalue weighted by Crippen LogP contribution is -2.24. The first kappa shape index (κ1) is 13.3. The summed E-state index contributed by atoms with van der Waals surface area (Å²) in [5.41, 5.74) is 0.884. The molecule has 0 saturated heterocycles. The van der Waals surface area contributed by atoms with Gasteiger partial charge in [-0.05, 0) is 24.6 Å². The lowest BCUT2D eigenvalue weighted by Gasteiger charge is -2.15. The maximum atomic E-state index is 11.9. The zero-order valence-corrected chi connectivity index (χ0v) is 9.57. The smallest absolute Gasteiger partial charge is 0.310 e. The van der Waals surface area contributed by atoms with Gasteiger partial charge >= 0.3 is 6.18 Å². The molecule has 0 aliphatic rings. The van der Waals surface area contributed by atoms with Gasteiger partial charge in [-0.2, -0.15) is 13.2 Å². The fraction of sp³-hybridized carbons (Fsp3) is 0.455. The van der Waals surface area contributed by atoms with E-state index in [0.29, 0.717) is 5.02 Å². The van der Waals surface area contributed by atoms with Crippen LogP contribution in [0, 0.1) is 0 Å². The molecule has 0 aromatic heterocycles. The highest BCUT2D eigenvalue weighted by atomic mass is 35.5. The number of alkyl halides is 3. The number of halogens is 4. The van der Waals surface area contributed by atoms with Crippen molar-refractivity contribution in [3.8, 4) is 0 Å². The van der Waals surface area contributed by atoms with E-state index in [0.717, 1.165) is 5.56 Å². The lowest BCUT2D eigenvalue weighted by molar-refractivity contribution is -0.133. The van der Waals surface area contributed by atoms with Crippen molar-refractivity contribution in [3.63, 3.8) is 0 Å². The quantitative estimate of drug-likeness (QED) is 0.855. The second-order valence-corrected chi connectivity index (χ2v) is 4.03. The third-order valence-electron chi connectivity index (χ3n) is 2.21. The van der Waals surface area contributed by atoms with Crippen molar-refractivity contribution in [1.29, 1.82) is 0 Å². The normalized spacial score (nSPS) is 13.8. The van der Waals surface area contributed by atoms with Crippen LogP contribution < -0.4 is 5.32 Å². The Morgan fingerprint density at radius 2 is 2.06 bits per heavy atom. The van der Waals surface area contributed by atoms with E-state index < -0.39 is 12.6 Å². The van der Waals surface area contributed by atoms with E-state index in [1.54, 1.807) is 18.2 Å². The third kappa shape index (κ3) is 4.86. The van der Waals surface area contributed by atoms with Crippen LogP contribution in [0.5, 0.6) is 0 Å². The third-order valence-corrected chi connectivity index (χ3v) is 2.44. The van der Waals surface area contributed by atoms with Gasteiger partial charge in [0.1, 0.15) is 0 Å². The predicted molar refractivity (Wildman–Crippen MR) is 58.5 cm³/mol. The SMILES string of the molecule is C[C@H](NCCC(F)(F)F)c1cccc(Cl)c1. The molecule has 5 heteroatoms. The zero-order valence-electron chi connectivity index (χ0n) is 8.81. The predicted octanol–water partition coefficient (Wildman–Crippen LogP) is 3.94. The van der Waals surface area contributed by atoms with Crippen molar-refractivity contribution in [2.45, 2.75) is 25.6 Å². The number of benzene rings is 1. The molecule has 0 spiro atoms. The second-order valence-electron chi connectivity index (χ2n) is 3.60. The molecule has 1 atom stereocenters. The van der Waals surface area contributed by atoms with Crippen molar-refractivity contribution >= 4 is 11.6 Å². The van der Waals surface area contributed by atoms with E-state index in [-0.39, 0.29) is 12.6 Å². The first-order chi connectivity index (χ1) is 7.38. The number of hydrogen-bond acceptors (Lipinski definition) is 1. The molecule has 0 radical (unpaired) electrons. The van der Waals surface area contributed by atoms with E-state index in [9.17, 15) is 13.2 Å². The summed E-state index contributed by atoms with van der Waals surface area (Å²) >= 11 is 5.79. The molecule has 0 fully saturated rings. The molecule has 16 heavy (non-hydrogen) atoms. The summed E-state index contributed by atoms with van der Waals surface area (Å²) in [5, 5.41) is 3.39. The van der Waals surface area contributed by atoms with Crippen LogP contribution in [0.25, 0.3) is 0 Å². The molecule has 1 rings (SSSR count). The van der Waals surface area contributed by atoms with Crippen LogP contribution in [0.15, 0.2) is 24.3 Å².